The summed E-state index contributed by atoms with van der Waals surface area (Å²) in [6.07, 6.45) is 4.34. The molecule has 96 valence electrons. The minimum atomic E-state index is -0.528. The molecule has 0 spiro atoms. The maximum Gasteiger partial charge on any atom is 0.325 e. The van der Waals surface area contributed by atoms with Crippen molar-refractivity contribution in [3.63, 3.8) is 0 Å². The number of fused-ring (bicyclic) bond motifs is 1. The highest BCUT2D eigenvalue weighted by Crippen LogP contribution is 2.27. The van der Waals surface area contributed by atoms with Crippen molar-refractivity contribution in [2.45, 2.75) is 25.7 Å². The zero-order valence-corrected chi connectivity index (χ0v) is 10.7. The quantitative estimate of drug-likeness (QED) is 0.808. The highest BCUT2D eigenvalue weighted by atomic mass is 35.5. The van der Waals surface area contributed by atoms with Gasteiger partial charge in [0.15, 0.2) is 0 Å². The molecule has 0 saturated heterocycles. The third kappa shape index (κ3) is 3.01. The molecular weight excluding hydrogens is 252 g/mol. The Morgan fingerprint density at radius 1 is 1.22 bits per heavy atom. The molecule has 1 aliphatic carbocycles. The summed E-state index contributed by atoms with van der Waals surface area (Å²) in [6.45, 7) is 0. The van der Waals surface area contributed by atoms with Gasteiger partial charge in [0.25, 0.3) is 0 Å². The first kappa shape index (κ1) is 12.9. The molecule has 0 aliphatic heterocycles. The van der Waals surface area contributed by atoms with Gasteiger partial charge in [-0.05, 0) is 42.9 Å². The molecule has 0 saturated carbocycles. The number of amides is 3. The number of urea groups is 1. The van der Waals surface area contributed by atoms with E-state index >= 15 is 0 Å². The molecule has 0 heterocycles. The Labute approximate surface area is 111 Å². The maximum atomic E-state index is 11.6. The number of hydrogen-bond donors (Lipinski definition) is 2. The lowest BCUT2D eigenvalue weighted by molar-refractivity contribution is -0.117. The number of hydrogen-bond acceptors (Lipinski definition) is 2. The van der Waals surface area contributed by atoms with E-state index in [-0.39, 0.29) is 5.88 Å². The molecule has 0 fully saturated rings. The molecule has 2 rings (SSSR count). The zero-order chi connectivity index (χ0) is 13.0. The second kappa shape index (κ2) is 5.87. The Hall–Kier alpha value is -1.55. The van der Waals surface area contributed by atoms with Crippen LogP contribution in [0.25, 0.3) is 0 Å². The topological polar surface area (TPSA) is 58.2 Å². The Balaban J connectivity index is 2.09. The van der Waals surface area contributed by atoms with Gasteiger partial charge in [-0.25, -0.2) is 4.79 Å². The largest absolute Gasteiger partial charge is 0.325 e. The highest BCUT2D eigenvalue weighted by Gasteiger charge is 2.14. The molecule has 18 heavy (non-hydrogen) atoms. The summed E-state index contributed by atoms with van der Waals surface area (Å²) in [5, 5.41) is 4.87. The van der Waals surface area contributed by atoms with E-state index in [0.717, 1.165) is 24.9 Å². The molecule has 0 bridgehead atoms. The molecule has 3 amide bonds. The Morgan fingerprint density at radius 2 is 2.00 bits per heavy atom. The summed E-state index contributed by atoms with van der Waals surface area (Å²) < 4.78 is 0. The molecule has 1 aromatic rings. The summed E-state index contributed by atoms with van der Waals surface area (Å²) in [5.74, 6) is -0.723. The predicted octanol–water partition coefficient (Wildman–Crippen LogP) is 2.45. The molecular formula is C13H15ClN2O2. The van der Waals surface area contributed by atoms with Crippen LogP contribution in [0.15, 0.2) is 18.2 Å². The number of nitrogens with one attached hydrogen (secondary N) is 2. The number of benzene rings is 1. The van der Waals surface area contributed by atoms with Gasteiger partial charge in [-0.3, -0.25) is 10.1 Å². The van der Waals surface area contributed by atoms with Gasteiger partial charge in [0, 0.05) is 5.69 Å². The molecule has 0 aromatic heterocycles. The first-order valence-corrected chi connectivity index (χ1v) is 6.51. The van der Waals surface area contributed by atoms with Crippen LogP contribution in [0.4, 0.5) is 10.5 Å². The van der Waals surface area contributed by atoms with Gasteiger partial charge >= 0.3 is 6.03 Å². The number of imide groups is 1. The zero-order valence-electron chi connectivity index (χ0n) is 9.96. The number of alkyl halides is 1. The van der Waals surface area contributed by atoms with Crippen molar-refractivity contribution in [3.8, 4) is 0 Å². The van der Waals surface area contributed by atoms with Crippen LogP contribution in [0, 0.1) is 0 Å². The maximum absolute atomic E-state index is 11.6. The molecule has 4 nitrogen and oxygen atoms in total. The number of carbonyl (C=O) groups is 2. The van der Waals surface area contributed by atoms with Gasteiger partial charge < -0.3 is 5.32 Å². The average molecular weight is 267 g/mol. The van der Waals surface area contributed by atoms with Crippen LogP contribution in [0.1, 0.15) is 24.0 Å². The normalized spacial score (nSPS) is 13.6. The summed E-state index contributed by atoms with van der Waals surface area (Å²) in [4.78, 5) is 22.6. The number of anilines is 1. The SMILES string of the molecule is O=C(CCl)NC(=O)Nc1cccc2c1CCCC2. The van der Waals surface area contributed by atoms with Gasteiger partial charge in [0.1, 0.15) is 5.88 Å². The van der Waals surface area contributed by atoms with Crippen molar-refractivity contribution in [2.75, 3.05) is 11.2 Å². The molecule has 1 aromatic carbocycles. The minimum absolute atomic E-state index is 0.222. The van der Waals surface area contributed by atoms with Crippen LogP contribution in [-0.2, 0) is 17.6 Å². The lowest BCUT2D eigenvalue weighted by Gasteiger charge is -2.19. The minimum Gasteiger partial charge on any atom is -0.307 e. The summed E-state index contributed by atoms with van der Waals surface area (Å²) in [7, 11) is 0. The molecule has 2 N–H and O–H groups in total. The van der Waals surface area contributed by atoms with Crippen molar-refractivity contribution in [2.24, 2.45) is 0 Å². The fourth-order valence-corrected chi connectivity index (χ4v) is 2.28. The van der Waals surface area contributed by atoms with E-state index in [1.54, 1.807) is 0 Å². The number of carbonyl (C=O) groups excluding carboxylic acids is 2. The second-order valence-corrected chi connectivity index (χ2v) is 4.55. The Kier molecular flexibility index (Phi) is 4.20. The molecule has 0 atom stereocenters. The van der Waals surface area contributed by atoms with Crippen LogP contribution in [0.2, 0.25) is 0 Å². The smallest absolute Gasteiger partial charge is 0.307 e. The Morgan fingerprint density at radius 3 is 2.78 bits per heavy atom. The molecule has 1 aliphatic rings. The molecule has 5 heteroatoms. The molecule has 0 unspecified atom stereocenters. The van der Waals surface area contributed by atoms with Crippen LogP contribution in [0.3, 0.4) is 0 Å². The van der Waals surface area contributed by atoms with Crippen molar-refractivity contribution in [3.05, 3.63) is 29.3 Å². The Bertz CT molecular complexity index is 474. The van der Waals surface area contributed by atoms with Crippen molar-refractivity contribution in [1.82, 2.24) is 5.32 Å². The fourth-order valence-electron chi connectivity index (χ4n) is 2.21. The van der Waals surface area contributed by atoms with Gasteiger partial charge in [-0.15, -0.1) is 11.6 Å². The lowest BCUT2D eigenvalue weighted by atomic mass is 9.90. The van der Waals surface area contributed by atoms with Gasteiger partial charge in [0.05, 0.1) is 0 Å². The first-order valence-electron chi connectivity index (χ1n) is 5.98. The number of rotatable bonds is 2. The van der Waals surface area contributed by atoms with Crippen LogP contribution in [0.5, 0.6) is 0 Å². The first-order chi connectivity index (χ1) is 8.70. The molecule has 0 radical (unpaired) electrons. The summed E-state index contributed by atoms with van der Waals surface area (Å²) in [6, 6.07) is 5.33. The van der Waals surface area contributed by atoms with Gasteiger partial charge in [-0.1, -0.05) is 12.1 Å². The van der Waals surface area contributed by atoms with Crippen LogP contribution < -0.4 is 10.6 Å². The van der Waals surface area contributed by atoms with Crippen molar-refractivity contribution >= 4 is 29.2 Å². The number of halogens is 1. The van der Waals surface area contributed by atoms with E-state index in [2.05, 4.69) is 16.7 Å². The van der Waals surface area contributed by atoms with Crippen molar-refractivity contribution in [1.29, 1.82) is 0 Å². The van der Waals surface area contributed by atoms with E-state index in [1.165, 1.54) is 17.5 Å². The van der Waals surface area contributed by atoms with Gasteiger partial charge in [-0.2, -0.15) is 0 Å². The van der Waals surface area contributed by atoms with E-state index in [9.17, 15) is 9.59 Å². The van der Waals surface area contributed by atoms with Crippen LogP contribution in [-0.4, -0.2) is 17.8 Å². The predicted molar refractivity (Wildman–Crippen MR) is 71.0 cm³/mol. The van der Waals surface area contributed by atoms with E-state index in [0.29, 0.717) is 0 Å². The fraction of sp³-hybridized carbons (Fsp3) is 0.385. The van der Waals surface area contributed by atoms with E-state index < -0.39 is 11.9 Å². The third-order valence-electron chi connectivity index (χ3n) is 3.02. The third-order valence-corrected chi connectivity index (χ3v) is 3.26. The summed E-state index contributed by atoms with van der Waals surface area (Å²) >= 11 is 5.32. The van der Waals surface area contributed by atoms with Crippen molar-refractivity contribution < 1.29 is 9.59 Å². The van der Waals surface area contributed by atoms with E-state index in [1.807, 2.05) is 12.1 Å². The summed E-state index contributed by atoms with van der Waals surface area (Å²) in [5.41, 5.74) is 3.24. The highest BCUT2D eigenvalue weighted by molar-refractivity contribution is 6.28. The second-order valence-electron chi connectivity index (χ2n) is 4.29. The average Bonchev–Trinajstić information content (AvgIpc) is 2.39. The number of aryl methyl sites for hydroxylation is 1. The monoisotopic (exact) mass is 266 g/mol. The standard InChI is InChI=1S/C13H15ClN2O2/c14-8-12(17)16-13(18)15-11-7-3-5-9-4-1-2-6-10(9)11/h3,5,7H,1-2,4,6,8H2,(H2,15,16,17,18). The van der Waals surface area contributed by atoms with Gasteiger partial charge in [0.2, 0.25) is 5.91 Å². The van der Waals surface area contributed by atoms with Crippen LogP contribution >= 0.6 is 11.6 Å². The van der Waals surface area contributed by atoms with E-state index in [4.69, 9.17) is 11.6 Å². The lowest BCUT2D eigenvalue weighted by Crippen LogP contribution is -2.35.